The Morgan fingerprint density at radius 2 is 1.77 bits per heavy atom. The number of nitrogens with zero attached hydrogens (tertiary/aromatic N) is 7. The monoisotopic (exact) mass is 627 g/mol. The van der Waals surface area contributed by atoms with Crippen molar-refractivity contribution in [3.8, 4) is 16.9 Å². The number of sulfonamides is 1. The number of aryl methyl sites for hydroxylation is 1. The lowest BCUT2D eigenvalue weighted by atomic mass is 10.1. The van der Waals surface area contributed by atoms with E-state index in [4.69, 9.17) is 0 Å². The van der Waals surface area contributed by atoms with E-state index < -0.39 is 55.5 Å². The Balaban J connectivity index is 1.87. The van der Waals surface area contributed by atoms with Gasteiger partial charge >= 0.3 is 5.69 Å². The second kappa shape index (κ2) is 11.5. The Kier molecular flexibility index (Phi) is 8.03. The Morgan fingerprint density at radius 3 is 2.39 bits per heavy atom. The topological polar surface area (TPSA) is 122 Å². The van der Waals surface area contributed by atoms with Crippen LogP contribution in [0.4, 0.5) is 19.0 Å². The van der Waals surface area contributed by atoms with Crippen LogP contribution in [-0.2, 0) is 14.8 Å². The molecule has 44 heavy (non-hydrogen) atoms. The molecule has 1 fully saturated rings. The summed E-state index contributed by atoms with van der Waals surface area (Å²) < 4.78 is 74.0. The zero-order valence-corrected chi connectivity index (χ0v) is 25.1. The van der Waals surface area contributed by atoms with E-state index in [1.165, 1.54) is 39.4 Å². The summed E-state index contributed by atoms with van der Waals surface area (Å²) in [6, 6.07) is 5.01. The van der Waals surface area contributed by atoms with E-state index in [9.17, 15) is 26.8 Å². The number of aromatic nitrogens is 4. The quantitative estimate of drug-likeness (QED) is 0.299. The molecule has 5 rings (SSSR count). The number of piperazine rings is 1. The third-order valence-corrected chi connectivity index (χ3v) is 9.18. The maximum absolute atomic E-state index is 15.8. The SMILES string of the molecule is C=CC(=O)N1CCN(c2nc(=O)n(-c3c(C)ccnc3S(=O)(=O)N(C)C)c3nc(-c4c(F)cccc4F)c(F)cc23)[C@@H](C)C1. The summed E-state index contributed by atoms with van der Waals surface area (Å²) in [5.41, 5.74) is -2.71. The molecular weight excluding hydrogens is 599 g/mol. The van der Waals surface area contributed by atoms with Crippen LogP contribution in [0.2, 0.25) is 0 Å². The minimum Gasteiger partial charge on any atom is -0.350 e. The van der Waals surface area contributed by atoms with Gasteiger partial charge in [0.25, 0.3) is 10.0 Å². The van der Waals surface area contributed by atoms with Crippen molar-refractivity contribution in [3.05, 3.63) is 82.7 Å². The summed E-state index contributed by atoms with van der Waals surface area (Å²) in [5.74, 6) is -3.57. The predicted molar refractivity (Wildman–Crippen MR) is 157 cm³/mol. The molecule has 1 amide bonds. The van der Waals surface area contributed by atoms with Crippen LogP contribution in [0.1, 0.15) is 12.5 Å². The largest absolute Gasteiger partial charge is 0.355 e. The van der Waals surface area contributed by atoms with E-state index in [1.54, 1.807) is 16.7 Å². The van der Waals surface area contributed by atoms with Crippen LogP contribution in [0.15, 0.2) is 59.0 Å². The van der Waals surface area contributed by atoms with Crippen molar-refractivity contribution >= 4 is 32.8 Å². The van der Waals surface area contributed by atoms with Gasteiger partial charge in [-0.1, -0.05) is 12.6 Å². The molecule has 1 atom stereocenters. The highest BCUT2D eigenvalue weighted by molar-refractivity contribution is 7.89. The van der Waals surface area contributed by atoms with Crippen molar-refractivity contribution < 1.29 is 26.4 Å². The maximum atomic E-state index is 15.8. The van der Waals surface area contributed by atoms with E-state index in [0.29, 0.717) is 0 Å². The van der Waals surface area contributed by atoms with E-state index in [0.717, 1.165) is 33.1 Å². The van der Waals surface area contributed by atoms with E-state index in [1.807, 2.05) is 0 Å². The predicted octanol–water partition coefficient (Wildman–Crippen LogP) is 3.04. The molecule has 0 spiro atoms. The molecule has 11 nitrogen and oxygen atoms in total. The summed E-state index contributed by atoms with van der Waals surface area (Å²) in [6.07, 6.45) is 2.44. The van der Waals surface area contributed by atoms with Crippen LogP contribution in [0.3, 0.4) is 0 Å². The van der Waals surface area contributed by atoms with Gasteiger partial charge in [-0.2, -0.15) is 4.98 Å². The highest BCUT2D eigenvalue weighted by Gasteiger charge is 2.32. The smallest absolute Gasteiger partial charge is 0.350 e. The average molecular weight is 628 g/mol. The number of benzene rings is 1. The molecule has 4 heterocycles. The zero-order valence-electron chi connectivity index (χ0n) is 24.3. The van der Waals surface area contributed by atoms with E-state index >= 15 is 4.39 Å². The lowest BCUT2D eigenvalue weighted by molar-refractivity contribution is -0.126. The van der Waals surface area contributed by atoms with Crippen molar-refractivity contribution in [1.29, 1.82) is 0 Å². The summed E-state index contributed by atoms with van der Waals surface area (Å²) in [6.45, 7) is 7.50. The molecule has 1 aliphatic heterocycles. The first-order chi connectivity index (χ1) is 20.8. The molecule has 1 saturated heterocycles. The first-order valence-corrected chi connectivity index (χ1v) is 14.9. The van der Waals surface area contributed by atoms with Gasteiger partial charge in [0.1, 0.15) is 23.1 Å². The summed E-state index contributed by atoms with van der Waals surface area (Å²) >= 11 is 0. The third-order valence-electron chi connectivity index (χ3n) is 7.43. The number of hydrogen-bond acceptors (Lipinski definition) is 8. The Bertz CT molecular complexity index is 1980. The molecule has 3 aromatic heterocycles. The zero-order chi connectivity index (χ0) is 32.1. The fourth-order valence-corrected chi connectivity index (χ4v) is 6.22. The average Bonchev–Trinajstić information content (AvgIpc) is 2.97. The molecule has 1 aromatic carbocycles. The minimum atomic E-state index is -4.25. The van der Waals surface area contributed by atoms with Crippen molar-refractivity contribution in [1.82, 2.24) is 28.7 Å². The standard InChI is InChI=1S/C29H28F3N7O4S/c1-6-22(40)37-12-13-38(17(3)15-37)26-18-14-21(32)24(23-19(30)8-7-9-20(23)31)34-27(18)39(29(41)35-26)25-16(2)10-11-33-28(25)44(42,43)36(4)5/h6-11,14,17H,1,12-13,15H2,2-5H3/t17-/m0/s1. The molecule has 0 aliphatic carbocycles. The highest BCUT2D eigenvalue weighted by atomic mass is 32.2. The van der Waals surface area contributed by atoms with Crippen molar-refractivity contribution in [2.75, 3.05) is 38.6 Å². The Hall–Kier alpha value is -4.63. The molecule has 0 unspecified atom stereocenters. The molecule has 0 saturated carbocycles. The second-order valence-electron chi connectivity index (χ2n) is 10.4. The molecule has 4 aromatic rings. The Labute approximate surface area is 250 Å². The van der Waals surface area contributed by atoms with Gasteiger partial charge in [0.2, 0.25) is 5.91 Å². The molecule has 15 heteroatoms. The third kappa shape index (κ3) is 5.11. The van der Waals surface area contributed by atoms with E-state index in [-0.39, 0.29) is 53.6 Å². The molecular formula is C29H28F3N7O4S. The van der Waals surface area contributed by atoms with Crippen molar-refractivity contribution in [2.45, 2.75) is 24.9 Å². The van der Waals surface area contributed by atoms with Gasteiger partial charge in [-0.25, -0.2) is 45.2 Å². The van der Waals surface area contributed by atoms with Gasteiger partial charge in [0, 0.05) is 46.0 Å². The number of halogens is 3. The first kappa shape index (κ1) is 30.8. The van der Waals surface area contributed by atoms with Gasteiger partial charge in [-0.3, -0.25) is 4.79 Å². The van der Waals surface area contributed by atoms with Crippen molar-refractivity contribution in [3.63, 3.8) is 0 Å². The summed E-state index contributed by atoms with van der Waals surface area (Å²) in [5, 5.41) is -0.537. The van der Waals surface area contributed by atoms with Gasteiger partial charge in [0.05, 0.1) is 16.6 Å². The second-order valence-corrected chi connectivity index (χ2v) is 12.5. The number of pyridine rings is 2. The number of hydrogen-bond donors (Lipinski definition) is 0. The van der Waals surface area contributed by atoms with Gasteiger partial charge in [-0.15, -0.1) is 0 Å². The normalized spacial score (nSPS) is 15.7. The van der Waals surface area contributed by atoms with Gasteiger partial charge < -0.3 is 9.80 Å². The first-order valence-electron chi connectivity index (χ1n) is 13.4. The number of rotatable bonds is 6. The lowest BCUT2D eigenvalue weighted by Crippen LogP contribution is -2.54. The number of carbonyl (C=O) groups excluding carboxylic acids is 1. The summed E-state index contributed by atoms with van der Waals surface area (Å²) in [7, 11) is -1.67. The summed E-state index contributed by atoms with van der Waals surface area (Å²) in [4.78, 5) is 42.0. The van der Waals surface area contributed by atoms with E-state index in [2.05, 4.69) is 21.5 Å². The number of amides is 1. The van der Waals surface area contributed by atoms with Gasteiger partial charge in [0.15, 0.2) is 16.5 Å². The minimum absolute atomic E-state index is 0.00460. The van der Waals surface area contributed by atoms with Crippen LogP contribution in [0, 0.1) is 24.4 Å². The van der Waals surface area contributed by atoms with Gasteiger partial charge in [-0.05, 0) is 49.8 Å². The van der Waals surface area contributed by atoms with Crippen molar-refractivity contribution in [2.24, 2.45) is 0 Å². The molecule has 0 N–H and O–H groups in total. The molecule has 1 aliphatic rings. The van der Waals surface area contributed by atoms with Crippen LogP contribution in [0.5, 0.6) is 0 Å². The number of fused-ring (bicyclic) bond motifs is 1. The van der Waals surface area contributed by atoms with Crippen LogP contribution < -0.4 is 10.6 Å². The molecule has 0 radical (unpaired) electrons. The van der Waals surface area contributed by atoms with Crippen LogP contribution in [0.25, 0.3) is 28.0 Å². The lowest BCUT2D eigenvalue weighted by Gasteiger charge is -2.40. The fourth-order valence-electron chi connectivity index (χ4n) is 5.19. The maximum Gasteiger partial charge on any atom is 0.355 e. The Morgan fingerprint density at radius 1 is 1.09 bits per heavy atom. The highest BCUT2D eigenvalue weighted by Crippen LogP contribution is 2.34. The number of carbonyl (C=O) groups is 1. The fraction of sp³-hybridized carbons (Fsp3) is 0.276. The number of anilines is 1. The van der Waals surface area contributed by atoms with Crippen LogP contribution >= 0.6 is 0 Å². The molecule has 0 bridgehead atoms. The van der Waals surface area contributed by atoms with Crippen LogP contribution in [-0.4, -0.2) is 82.8 Å². The molecule has 230 valence electrons.